The Hall–Kier alpha value is -1.35. The second kappa shape index (κ2) is 3.91. The van der Waals surface area contributed by atoms with Gasteiger partial charge in [0.15, 0.2) is 5.13 Å². The van der Waals surface area contributed by atoms with Gasteiger partial charge in [-0.25, -0.2) is 4.98 Å². The van der Waals surface area contributed by atoms with Gasteiger partial charge in [-0.05, 0) is 36.0 Å². The van der Waals surface area contributed by atoms with Gasteiger partial charge in [-0.1, -0.05) is 18.2 Å². The van der Waals surface area contributed by atoms with Crippen LogP contribution >= 0.6 is 11.3 Å². The van der Waals surface area contributed by atoms with Crippen LogP contribution in [0.3, 0.4) is 0 Å². The summed E-state index contributed by atoms with van der Waals surface area (Å²) >= 11 is 1.58. The van der Waals surface area contributed by atoms with E-state index in [1.54, 1.807) is 11.3 Å². The van der Waals surface area contributed by atoms with Crippen LogP contribution in [0.2, 0.25) is 0 Å². The van der Waals surface area contributed by atoms with Crippen molar-refractivity contribution in [2.75, 3.05) is 5.73 Å². The second-order valence-electron chi connectivity index (χ2n) is 4.30. The highest BCUT2D eigenvalue weighted by Crippen LogP contribution is 2.25. The lowest BCUT2D eigenvalue weighted by molar-refractivity contribution is 0.911. The van der Waals surface area contributed by atoms with Crippen molar-refractivity contribution in [1.29, 1.82) is 0 Å². The third-order valence-electron chi connectivity index (χ3n) is 3.11. The molecule has 0 aliphatic heterocycles. The third-order valence-corrected chi connectivity index (χ3v) is 3.94. The summed E-state index contributed by atoms with van der Waals surface area (Å²) < 4.78 is 0. The maximum Gasteiger partial charge on any atom is 0.180 e. The van der Waals surface area contributed by atoms with Crippen molar-refractivity contribution >= 4 is 16.5 Å². The van der Waals surface area contributed by atoms with Crippen LogP contribution in [-0.4, -0.2) is 4.98 Å². The number of nitrogen functional groups attached to an aromatic ring is 1. The predicted octanol–water partition coefficient (Wildman–Crippen LogP) is 2.80. The van der Waals surface area contributed by atoms with Gasteiger partial charge in [0, 0.05) is 17.5 Å². The smallest absolute Gasteiger partial charge is 0.180 e. The van der Waals surface area contributed by atoms with Crippen molar-refractivity contribution in [2.24, 2.45) is 0 Å². The highest BCUT2D eigenvalue weighted by atomic mass is 32.1. The average Bonchev–Trinajstić information content (AvgIpc) is 2.87. The molecule has 0 bridgehead atoms. The second-order valence-corrected chi connectivity index (χ2v) is 5.44. The van der Waals surface area contributed by atoms with E-state index in [1.165, 1.54) is 40.8 Å². The van der Waals surface area contributed by atoms with E-state index in [1.807, 2.05) is 6.20 Å². The zero-order chi connectivity index (χ0) is 11.0. The van der Waals surface area contributed by atoms with Crippen molar-refractivity contribution in [3.63, 3.8) is 0 Å². The maximum atomic E-state index is 5.63. The Balaban J connectivity index is 1.85. The van der Waals surface area contributed by atoms with E-state index in [2.05, 4.69) is 23.2 Å². The number of thiazole rings is 1. The van der Waals surface area contributed by atoms with Crippen molar-refractivity contribution in [3.8, 4) is 0 Å². The number of anilines is 1. The standard InChI is InChI=1S/C13H14N2S/c14-13-15-8-12(16-13)7-9-4-5-10-2-1-3-11(10)6-9/h4-6,8H,1-3,7H2,(H2,14,15). The lowest BCUT2D eigenvalue weighted by atomic mass is 10.0. The molecule has 82 valence electrons. The summed E-state index contributed by atoms with van der Waals surface area (Å²) in [6.07, 6.45) is 6.65. The van der Waals surface area contributed by atoms with Gasteiger partial charge in [-0.3, -0.25) is 0 Å². The van der Waals surface area contributed by atoms with Crippen LogP contribution in [-0.2, 0) is 19.3 Å². The first kappa shape index (κ1) is 9.85. The molecule has 1 aromatic heterocycles. The van der Waals surface area contributed by atoms with Gasteiger partial charge in [-0.2, -0.15) is 0 Å². The molecule has 1 aliphatic rings. The molecule has 0 radical (unpaired) electrons. The number of nitrogens with two attached hydrogens (primary N) is 1. The minimum atomic E-state index is 0.663. The lowest BCUT2D eigenvalue weighted by Gasteiger charge is -2.03. The summed E-state index contributed by atoms with van der Waals surface area (Å²) in [7, 11) is 0. The van der Waals surface area contributed by atoms with Gasteiger partial charge in [0.2, 0.25) is 0 Å². The van der Waals surface area contributed by atoms with Crippen LogP contribution in [0.4, 0.5) is 5.13 Å². The van der Waals surface area contributed by atoms with Gasteiger partial charge in [0.25, 0.3) is 0 Å². The Morgan fingerprint density at radius 3 is 2.94 bits per heavy atom. The quantitative estimate of drug-likeness (QED) is 0.861. The van der Waals surface area contributed by atoms with E-state index >= 15 is 0 Å². The molecule has 2 aromatic rings. The van der Waals surface area contributed by atoms with Crippen LogP contribution in [0.25, 0.3) is 0 Å². The molecule has 16 heavy (non-hydrogen) atoms. The van der Waals surface area contributed by atoms with Gasteiger partial charge >= 0.3 is 0 Å². The minimum absolute atomic E-state index is 0.663. The normalized spacial score (nSPS) is 14.0. The fraction of sp³-hybridized carbons (Fsp3) is 0.308. The topological polar surface area (TPSA) is 38.9 Å². The van der Waals surface area contributed by atoms with E-state index in [-0.39, 0.29) is 0 Å². The molecule has 3 rings (SSSR count). The highest BCUT2D eigenvalue weighted by molar-refractivity contribution is 7.15. The fourth-order valence-corrected chi connectivity index (χ4v) is 3.06. The molecule has 1 aromatic carbocycles. The molecule has 0 unspecified atom stereocenters. The molecule has 0 saturated heterocycles. The predicted molar refractivity (Wildman–Crippen MR) is 67.8 cm³/mol. The highest BCUT2D eigenvalue weighted by Gasteiger charge is 2.11. The Morgan fingerprint density at radius 1 is 1.25 bits per heavy atom. The van der Waals surface area contributed by atoms with Gasteiger partial charge in [0.05, 0.1) is 0 Å². The van der Waals surface area contributed by atoms with Crippen LogP contribution in [0.15, 0.2) is 24.4 Å². The Bertz CT molecular complexity index is 516. The molecule has 0 spiro atoms. The van der Waals surface area contributed by atoms with E-state index in [4.69, 9.17) is 5.73 Å². The SMILES string of the molecule is Nc1ncc(Cc2ccc3c(c2)CCC3)s1. The number of fused-ring (bicyclic) bond motifs is 1. The molecule has 1 heterocycles. The lowest BCUT2D eigenvalue weighted by Crippen LogP contribution is -1.88. The molecule has 3 heteroatoms. The summed E-state index contributed by atoms with van der Waals surface area (Å²) in [6.45, 7) is 0. The van der Waals surface area contributed by atoms with Crippen molar-refractivity contribution in [1.82, 2.24) is 4.98 Å². The van der Waals surface area contributed by atoms with Crippen molar-refractivity contribution < 1.29 is 0 Å². The van der Waals surface area contributed by atoms with Crippen molar-refractivity contribution in [2.45, 2.75) is 25.7 Å². The summed E-state index contributed by atoms with van der Waals surface area (Å²) in [5.41, 5.74) is 10.1. The zero-order valence-corrected chi connectivity index (χ0v) is 9.89. The third kappa shape index (κ3) is 1.83. The summed E-state index contributed by atoms with van der Waals surface area (Å²) in [5.74, 6) is 0. The average molecular weight is 230 g/mol. The Kier molecular flexibility index (Phi) is 2.40. The Morgan fingerprint density at radius 2 is 2.12 bits per heavy atom. The minimum Gasteiger partial charge on any atom is -0.375 e. The molecule has 1 aliphatic carbocycles. The number of aryl methyl sites for hydroxylation is 2. The number of rotatable bonds is 2. The summed E-state index contributed by atoms with van der Waals surface area (Å²) in [4.78, 5) is 5.33. The molecule has 0 amide bonds. The molecule has 2 nitrogen and oxygen atoms in total. The molecular formula is C13H14N2S. The van der Waals surface area contributed by atoms with E-state index in [0.29, 0.717) is 5.13 Å². The first-order chi connectivity index (χ1) is 7.81. The zero-order valence-electron chi connectivity index (χ0n) is 9.07. The van der Waals surface area contributed by atoms with Gasteiger partial charge < -0.3 is 5.73 Å². The molecular weight excluding hydrogens is 216 g/mol. The van der Waals surface area contributed by atoms with E-state index in [0.717, 1.165) is 6.42 Å². The van der Waals surface area contributed by atoms with Crippen molar-refractivity contribution in [3.05, 3.63) is 46.0 Å². The maximum absolute atomic E-state index is 5.63. The van der Waals surface area contributed by atoms with Crippen LogP contribution < -0.4 is 5.73 Å². The van der Waals surface area contributed by atoms with Crippen LogP contribution in [0, 0.1) is 0 Å². The summed E-state index contributed by atoms with van der Waals surface area (Å²) in [6, 6.07) is 6.86. The number of hydrogen-bond donors (Lipinski definition) is 1. The van der Waals surface area contributed by atoms with E-state index < -0.39 is 0 Å². The fourth-order valence-electron chi connectivity index (χ4n) is 2.34. The molecule has 0 fully saturated rings. The number of hydrogen-bond acceptors (Lipinski definition) is 3. The number of aromatic nitrogens is 1. The first-order valence-electron chi connectivity index (χ1n) is 5.62. The monoisotopic (exact) mass is 230 g/mol. The first-order valence-corrected chi connectivity index (χ1v) is 6.44. The molecule has 0 atom stereocenters. The van der Waals surface area contributed by atoms with Crippen LogP contribution in [0.1, 0.15) is 28.0 Å². The largest absolute Gasteiger partial charge is 0.375 e. The van der Waals surface area contributed by atoms with Gasteiger partial charge in [-0.15, -0.1) is 11.3 Å². The Labute approximate surface area is 99.1 Å². The molecule has 2 N–H and O–H groups in total. The van der Waals surface area contributed by atoms with E-state index in [9.17, 15) is 0 Å². The van der Waals surface area contributed by atoms with Crippen LogP contribution in [0.5, 0.6) is 0 Å². The number of nitrogens with zero attached hydrogens (tertiary/aromatic N) is 1. The number of benzene rings is 1. The van der Waals surface area contributed by atoms with Gasteiger partial charge in [0.1, 0.15) is 0 Å². The molecule has 0 saturated carbocycles. The summed E-state index contributed by atoms with van der Waals surface area (Å²) in [5, 5.41) is 0.663.